The Labute approximate surface area is 125 Å². The van der Waals surface area contributed by atoms with Crippen LogP contribution in [0.2, 0.25) is 0 Å². The van der Waals surface area contributed by atoms with Gasteiger partial charge >= 0.3 is 6.09 Å². The first-order valence-corrected chi connectivity index (χ1v) is 7.70. The van der Waals surface area contributed by atoms with Crippen LogP contribution in [0, 0.1) is 17.8 Å². The lowest BCUT2D eigenvalue weighted by molar-refractivity contribution is 0.168. The van der Waals surface area contributed by atoms with Crippen LogP contribution in [0.5, 0.6) is 0 Å². The van der Waals surface area contributed by atoms with E-state index in [-0.39, 0.29) is 0 Å². The van der Waals surface area contributed by atoms with Crippen LogP contribution in [-0.4, -0.2) is 19.2 Å². The summed E-state index contributed by atoms with van der Waals surface area (Å²) in [6.45, 7) is 3.19. The number of rotatable bonds is 5. The van der Waals surface area contributed by atoms with E-state index >= 15 is 0 Å². The standard InChI is InChI=1S/C17H22N2O2/c1-2-21-17(20)19-16-7-5-15(6-8-16)18-11-14-10-12-3-4-13(14)9-12/h3-8,12-14,18H,2,9-11H2,1H3,(H,19,20). The molecule has 1 aromatic carbocycles. The highest BCUT2D eigenvalue weighted by Crippen LogP contribution is 2.43. The molecule has 0 spiro atoms. The predicted molar refractivity (Wildman–Crippen MR) is 84.4 cm³/mol. The van der Waals surface area contributed by atoms with Crippen molar-refractivity contribution in [2.45, 2.75) is 19.8 Å². The fourth-order valence-electron chi connectivity index (χ4n) is 3.33. The fraction of sp³-hybridized carbons (Fsp3) is 0.471. The van der Waals surface area contributed by atoms with E-state index in [1.165, 1.54) is 12.8 Å². The van der Waals surface area contributed by atoms with Gasteiger partial charge in [-0.3, -0.25) is 5.32 Å². The zero-order valence-electron chi connectivity index (χ0n) is 12.3. The number of fused-ring (bicyclic) bond motifs is 2. The van der Waals surface area contributed by atoms with Crippen molar-refractivity contribution in [2.24, 2.45) is 17.8 Å². The van der Waals surface area contributed by atoms with Crippen LogP contribution in [0.1, 0.15) is 19.8 Å². The molecular formula is C17H22N2O2. The van der Waals surface area contributed by atoms with Gasteiger partial charge in [0.25, 0.3) is 0 Å². The maximum atomic E-state index is 11.3. The maximum absolute atomic E-state index is 11.3. The van der Waals surface area contributed by atoms with Crippen LogP contribution in [0.4, 0.5) is 16.2 Å². The Kier molecular flexibility index (Phi) is 4.13. The lowest BCUT2D eigenvalue weighted by Gasteiger charge is -2.19. The van der Waals surface area contributed by atoms with Gasteiger partial charge in [-0.05, 0) is 61.8 Å². The van der Waals surface area contributed by atoms with Crippen LogP contribution in [0.25, 0.3) is 0 Å². The largest absolute Gasteiger partial charge is 0.450 e. The molecule has 1 amide bonds. The first-order valence-electron chi connectivity index (χ1n) is 7.70. The molecule has 3 atom stereocenters. The number of ether oxygens (including phenoxy) is 1. The lowest BCUT2D eigenvalue weighted by atomic mass is 9.93. The molecule has 1 fully saturated rings. The lowest BCUT2D eigenvalue weighted by Crippen LogP contribution is -2.18. The average Bonchev–Trinajstić information content (AvgIpc) is 3.09. The molecule has 0 heterocycles. The minimum Gasteiger partial charge on any atom is -0.450 e. The van der Waals surface area contributed by atoms with Gasteiger partial charge in [0.05, 0.1) is 6.61 Å². The highest BCUT2D eigenvalue weighted by Gasteiger charge is 2.35. The van der Waals surface area contributed by atoms with Gasteiger partial charge in [0.2, 0.25) is 0 Å². The molecule has 0 radical (unpaired) electrons. The van der Waals surface area contributed by atoms with E-state index in [9.17, 15) is 4.79 Å². The van der Waals surface area contributed by atoms with Crippen molar-refractivity contribution in [3.8, 4) is 0 Å². The highest BCUT2D eigenvalue weighted by atomic mass is 16.5. The molecule has 21 heavy (non-hydrogen) atoms. The molecule has 2 aliphatic carbocycles. The Morgan fingerprint density at radius 1 is 1.19 bits per heavy atom. The smallest absolute Gasteiger partial charge is 0.411 e. The number of allylic oxidation sites excluding steroid dienone is 2. The van der Waals surface area contributed by atoms with Gasteiger partial charge in [0.1, 0.15) is 0 Å². The third-order valence-electron chi connectivity index (χ3n) is 4.39. The van der Waals surface area contributed by atoms with Gasteiger partial charge in [-0.25, -0.2) is 4.79 Å². The second-order valence-corrected chi connectivity index (χ2v) is 5.84. The summed E-state index contributed by atoms with van der Waals surface area (Å²) in [5, 5.41) is 6.19. The van der Waals surface area contributed by atoms with E-state index in [4.69, 9.17) is 4.74 Å². The van der Waals surface area contributed by atoms with E-state index in [1.54, 1.807) is 6.92 Å². The van der Waals surface area contributed by atoms with Crippen molar-refractivity contribution in [3.63, 3.8) is 0 Å². The zero-order valence-corrected chi connectivity index (χ0v) is 12.3. The van der Waals surface area contributed by atoms with Crippen molar-refractivity contribution in [1.82, 2.24) is 0 Å². The van der Waals surface area contributed by atoms with Crippen LogP contribution in [0.3, 0.4) is 0 Å². The van der Waals surface area contributed by atoms with Crippen molar-refractivity contribution in [1.29, 1.82) is 0 Å². The second-order valence-electron chi connectivity index (χ2n) is 5.84. The Morgan fingerprint density at radius 3 is 2.57 bits per heavy atom. The summed E-state index contributed by atoms with van der Waals surface area (Å²) in [5.41, 5.74) is 1.85. The van der Waals surface area contributed by atoms with Gasteiger partial charge in [-0.15, -0.1) is 0 Å². The third-order valence-corrected chi connectivity index (χ3v) is 4.39. The molecule has 2 N–H and O–H groups in total. The van der Waals surface area contributed by atoms with Crippen molar-refractivity contribution in [3.05, 3.63) is 36.4 Å². The van der Waals surface area contributed by atoms with Crippen LogP contribution in [-0.2, 0) is 4.74 Å². The molecule has 3 unspecified atom stereocenters. The molecule has 3 rings (SSSR count). The fourth-order valence-corrected chi connectivity index (χ4v) is 3.33. The van der Waals surface area contributed by atoms with Gasteiger partial charge in [0, 0.05) is 17.9 Å². The molecule has 2 bridgehead atoms. The van der Waals surface area contributed by atoms with Crippen LogP contribution in [0.15, 0.2) is 36.4 Å². The van der Waals surface area contributed by atoms with E-state index in [0.29, 0.717) is 6.61 Å². The highest BCUT2D eigenvalue weighted by molar-refractivity contribution is 5.84. The minimum atomic E-state index is -0.410. The molecule has 2 aliphatic rings. The molecular weight excluding hydrogens is 264 g/mol. The quantitative estimate of drug-likeness (QED) is 0.808. The molecule has 0 saturated heterocycles. The summed E-state index contributed by atoms with van der Waals surface area (Å²) in [5.74, 6) is 2.35. The van der Waals surface area contributed by atoms with Gasteiger partial charge < -0.3 is 10.1 Å². The third kappa shape index (κ3) is 3.38. The van der Waals surface area contributed by atoms with E-state index < -0.39 is 6.09 Å². The van der Waals surface area contributed by atoms with Gasteiger partial charge in [-0.1, -0.05) is 12.2 Å². The van der Waals surface area contributed by atoms with Crippen molar-refractivity contribution < 1.29 is 9.53 Å². The van der Waals surface area contributed by atoms with Crippen molar-refractivity contribution >= 4 is 17.5 Å². The SMILES string of the molecule is CCOC(=O)Nc1ccc(NCC2CC3C=CC2C3)cc1. The number of hydrogen-bond acceptors (Lipinski definition) is 3. The number of nitrogens with one attached hydrogen (secondary N) is 2. The Balaban J connectivity index is 1.48. The van der Waals surface area contributed by atoms with E-state index in [2.05, 4.69) is 22.8 Å². The van der Waals surface area contributed by atoms with E-state index in [1.807, 2.05) is 24.3 Å². The number of hydrogen-bond donors (Lipinski definition) is 2. The first kappa shape index (κ1) is 14.0. The summed E-state index contributed by atoms with van der Waals surface area (Å²) in [4.78, 5) is 11.3. The Morgan fingerprint density at radius 2 is 1.95 bits per heavy atom. The molecule has 0 aliphatic heterocycles. The van der Waals surface area contributed by atoms with Crippen molar-refractivity contribution in [2.75, 3.05) is 23.8 Å². The summed E-state index contributed by atoms with van der Waals surface area (Å²) >= 11 is 0. The summed E-state index contributed by atoms with van der Waals surface area (Å²) < 4.78 is 4.85. The number of amides is 1. The molecule has 4 heteroatoms. The molecule has 1 aromatic rings. The molecule has 112 valence electrons. The van der Waals surface area contributed by atoms with Crippen LogP contribution < -0.4 is 10.6 Å². The normalized spacial score (nSPS) is 25.9. The van der Waals surface area contributed by atoms with Gasteiger partial charge in [-0.2, -0.15) is 0 Å². The zero-order chi connectivity index (χ0) is 14.7. The first-order chi connectivity index (χ1) is 10.2. The maximum Gasteiger partial charge on any atom is 0.411 e. The summed E-state index contributed by atoms with van der Waals surface area (Å²) in [7, 11) is 0. The molecule has 1 saturated carbocycles. The topological polar surface area (TPSA) is 50.4 Å². The monoisotopic (exact) mass is 286 g/mol. The molecule has 0 aromatic heterocycles. The van der Waals surface area contributed by atoms with Gasteiger partial charge in [0.15, 0.2) is 0 Å². The number of anilines is 2. The number of carbonyl (C=O) groups excluding carboxylic acids is 1. The van der Waals surface area contributed by atoms with E-state index in [0.717, 1.165) is 35.7 Å². The predicted octanol–water partition coefficient (Wildman–Crippen LogP) is 3.88. The average molecular weight is 286 g/mol. The van der Waals surface area contributed by atoms with Crippen LogP contribution >= 0.6 is 0 Å². The Hall–Kier alpha value is -1.97. The summed E-state index contributed by atoms with van der Waals surface area (Å²) in [6, 6.07) is 7.76. The number of carbonyl (C=O) groups is 1. The second kappa shape index (κ2) is 6.20. The summed E-state index contributed by atoms with van der Waals surface area (Å²) in [6.07, 6.45) is 7.00. The number of benzene rings is 1. The molecule has 4 nitrogen and oxygen atoms in total. The Bertz CT molecular complexity index is 524. The minimum absolute atomic E-state index is 0.378.